The van der Waals surface area contributed by atoms with Gasteiger partial charge in [0.2, 0.25) is 0 Å². The minimum atomic E-state index is -0.117. The van der Waals surface area contributed by atoms with Crippen LogP contribution in [0.15, 0.2) is 11.1 Å². The SMILES string of the molecule is CCN(CC)C(CNC(=O)c1sc2ncn(C)c(=O)c2c1C)CC(C)C. The molecule has 26 heavy (non-hydrogen) atoms. The van der Waals surface area contributed by atoms with Gasteiger partial charge in [-0.15, -0.1) is 11.3 Å². The highest BCUT2D eigenvalue weighted by molar-refractivity contribution is 7.20. The Labute approximate surface area is 159 Å². The smallest absolute Gasteiger partial charge is 0.262 e. The molecule has 0 spiro atoms. The van der Waals surface area contributed by atoms with Crippen molar-refractivity contribution in [1.82, 2.24) is 19.8 Å². The van der Waals surface area contributed by atoms with Crippen LogP contribution >= 0.6 is 11.3 Å². The summed E-state index contributed by atoms with van der Waals surface area (Å²) in [7, 11) is 1.67. The van der Waals surface area contributed by atoms with Crippen LogP contribution in [0.3, 0.4) is 0 Å². The van der Waals surface area contributed by atoms with Gasteiger partial charge >= 0.3 is 0 Å². The molecule has 1 atom stereocenters. The molecule has 1 amide bonds. The van der Waals surface area contributed by atoms with Crippen LogP contribution < -0.4 is 10.9 Å². The first-order valence-corrected chi connectivity index (χ1v) is 10.1. The normalized spacial score (nSPS) is 12.9. The van der Waals surface area contributed by atoms with Crippen LogP contribution in [0.2, 0.25) is 0 Å². The van der Waals surface area contributed by atoms with Crippen LogP contribution in [0.25, 0.3) is 10.2 Å². The average molecular weight is 379 g/mol. The highest BCUT2D eigenvalue weighted by Gasteiger charge is 2.22. The summed E-state index contributed by atoms with van der Waals surface area (Å²) in [6.07, 6.45) is 2.54. The molecule has 0 aliphatic heterocycles. The molecule has 2 rings (SSSR count). The molecular weight excluding hydrogens is 348 g/mol. The Morgan fingerprint density at radius 3 is 2.58 bits per heavy atom. The number of likely N-dealkylation sites (N-methyl/N-ethyl adjacent to an activating group) is 1. The molecule has 2 heterocycles. The van der Waals surface area contributed by atoms with Gasteiger partial charge in [0, 0.05) is 19.6 Å². The van der Waals surface area contributed by atoms with E-state index in [0.29, 0.717) is 33.6 Å². The van der Waals surface area contributed by atoms with Crippen molar-refractivity contribution >= 4 is 27.5 Å². The van der Waals surface area contributed by atoms with Crippen molar-refractivity contribution in [2.45, 2.75) is 47.1 Å². The predicted octanol–water partition coefficient (Wildman–Crippen LogP) is 2.79. The Balaban J connectivity index is 2.21. The number of amides is 1. The minimum absolute atomic E-state index is 0.108. The summed E-state index contributed by atoms with van der Waals surface area (Å²) in [6, 6.07) is 0.314. The van der Waals surface area contributed by atoms with Gasteiger partial charge in [-0.1, -0.05) is 27.7 Å². The van der Waals surface area contributed by atoms with Crippen LogP contribution in [0, 0.1) is 12.8 Å². The molecular formula is C19H30N4O2S. The predicted molar refractivity (Wildman–Crippen MR) is 108 cm³/mol. The van der Waals surface area contributed by atoms with Gasteiger partial charge in [0.05, 0.1) is 16.6 Å². The van der Waals surface area contributed by atoms with Crippen LogP contribution in [0.5, 0.6) is 0 Å². The highest BCUT2D eigenvalue weighted by Crippen LogP contribution is 2.26. The fraction of sp³-hybridized carbons (Fsp3) is 0.632. The molecule has 2 aromatic heterocycles. The van der Waals surface area contributed by atoms with Crippen molar-refractivity contribution in [3.05, 3.63) is 27.1 Å². The number of hydrogen-bond donors (Lipinski definition) is 1. The Morgan fingerprint density at radius 2 is 2.00 bits per heavy atom. The largest absolute Gasteiger partial charge is 0.350 e. The molecule has 2 aromatic rings. The molecule has 0 saturated carbocycles. The number of nitrogens with zero attached hydrogens (tertiary/aromatic N) is 3. The van der Waals surface area contributed by atoms with Crippen LogP contribution in [0.1, 0.15) is 49.4 Å². The van der Waals surface area contributed by atoms with E-state index in [1.54, 1.807) is 7.05 Å². The van der Waals surface area contributed by atoms with E-state index in [4.69, 9.17) is 0 Å². The van der Waals surface area contributed by atoms with Gasteiger partial charge in [0.1, 0.15) is 4.83 Å². The van der Waals surface area contributed by atoms with Crippen molar-refractivity contribution in [2.75, 3.05) is 19.6 Å². The van der Waals surface area contributed by atoms with E-state index in [0.717, 1.165) is 25.1 Å². The number of aryl methyl sites for hydroxylation is 2. The second kappa shape index (κ2) is 8.77. The molecule has 1 unspecified atom stereocenters. The minimum Gasteiger partial charge on any atom is -0.350 e. The van der Waals surface area contributed by atoms with Gasteiger partial charge in [0.25, 0.3) is 11.5 Å². The molecule has 6 nitrogen and oxygen atoms in total. The molecule has 1 N–H and O–H groups in total. The lowest BCUT2D eigenvalue weighted by atomic mass is 10.0. The van der Waals surface area contributed by atoms with Crippen molar-refractivity contribution in [3.8, 4) is 0 Å². The maximum Gasteiger partial charge on any atom is 0.262 e. The van der Waals surface area contributed by atoms with Crippen LogP contribution in [0.4, 0.5) is 0 Å². The Kier molecular flexibility index (Phi) is 6.94. The number of carbonyl (C=O) groups excluding carboxylic acids is 1. The summed E-state index contributed by atoms with van der Waals surface area (Å²) in [5.74, 6) is 0.448. The van der Waals surface area contributed by atoms with Crippen molar-refractivity contribution in [3.63, 3.8) is 0 Å². The lowest BCUT2D eigenvalue weighted by molar-refractivity contribution is 0.0932. The fourth-order valence-corrected chi connectivity index (χ4v) is 4.42. The maximum atomic E-state index is 12.8. The van der Waals surface area contributed by atoms with E-state index < -0.39 is 0 Å². The van der Waals surface area contributed by atoms with Crippen molar-refractivity contribution in [2.24, 2.45) is 13.0 Å². The van der Waals surface area contributed by atoms with E-state index in [2.05, 4.69) is 42.9 Å². The molecule has 0 saturated heterocycles. The Morgan fingerprint density at radius 1 is 1.35 bits per heavy atom. The lowest BCUT2D eigenvalue weighted by Crippen LogP contribution is -2.44. The third kappa shape index (κ3) is 4.32. The number of rotatable bonds is 8. The second-order valence-corrected chi connectivity index (χ2v) is 8.11. The highest BCUT2D eigenvalue weighted by atomic mass is 32.1. The summed E-state index contributed by atoms with van der Waals surface area (Å²) in [4.78, 5) is 33.0. The summed E-state index contributed by atoms with van der Waals surface area (Å²) >= 11 is 1.29. The third-order valence-electron chi connectivity index (χ3n) is 4.79. The molecule has 7 heteroatoms. The van der Waals surface area contributed by atoms with Crippen LogP contribution in [-0.4, -0.2) is 46.0 Å². The second-order valence-electron chi connectivity index (χ2n) is 7.11. The molecule has 0 aromatic carbocycles. The lowest BCUT2D eigenvalue weighted by Gasteiger charge is -2.31. The molecule has 0 aliphatic carbocycles. The first-order chi connectivity index (χ1) is 12.3. The van der Waals surface area contributed by atoms with E-state index in [1.165, 1.54) is 22.2 Å². The Hall–Kier alpha value is -1.73. The Bertz CT molecular complexity index is 821. The third-order valence-corrected chi connectivity index (χ3v) is 5.99. The standard InChI is InChI=1S/C19H30N4O2S/c1-7-23(8-2)14(9-12(3)4)10-20-17(24)16-13(5)15-18(26-16)21-11-22(6)19(15)25/h11-12,14H,7-10H2,1-6H3,(H,20,24). The van der Waals surface area contributed by atoms with E-state index in [9.17, 15) is 9.59 Å². The monoisotopic (exact) mass is 378 g/mol. The first-order valence-electron chi connectivity index (χ1n) is 9.27. The van der Waals surface area contributed by atoms with Gasteiger partial charge in [-0.25, -0.2) is 4.98 Å². The van der Waals surface area contributed by atoms with Crippen molar-refractivity contribution < 1.29 is 4.79 Å². The summed E-state index contributed by atoms with van der Waals surface area (Å²) in [6.45, 7) is 13.1. The molecule has 144 valence electrons. The zero-order valence-corrected chi connectivity index (χ0v) is 17.4. The van der Waals surface area contributed by atoms with E-state index >= 15 is 0 Å². The van der Waals surface area contributed by atoms with E-state index in [-0.39, 0.29) is 11.5 Å². The average Bonchev–Trinajstić information content (AvgIpc) is 2.93. The first kappa shape index (κ1) is 20.6. The molecule has 0 fully saturated rings. The topological polar surface area (TPSA) is 67.2 Å². The summed E-state index contributed by atoms with van der Waals surface area (Å²) in [5.41, 5.74) is 0.614. The number of nitrogens with one attached hydrogen (secondary N) is 1. The summed E-state index contributed by atoms with van der Waals surface area (Å²) < 4.78 is 1.45. The molecule has 0 radical (unpaired) electrons. The number of carbonyl (C=O) groups is 1. The van der Waals surface area contributed by atoms with Gasteiger partial charge in [0.15, 0.2) is 0 Å². The van der Waals surface area contributed by atoms with Gasteiger partial charge in [-0.3, -0.25) is 14.5 Å². The number of fused-ring (bicyclic) bond motifs is 1. The van der Waals surface area contributed by atoms with Gasteiger partial charge in [-0.2, -0.15) is 0 Å². The quantitative estimate of drug-likeness (QED) is 0.767. The number of aromatic nitrogens is 2. The maximum absolute atomic E-state index is 12.8. The molecule has 0 aliphatic rings. The fourth-order valence-electron chi connectivity index (χ4n) is 3.36. The van der Waals surface area contributed by atoms with E-state index in [1.807, 2.05) is 6.92 Å². The summed E-state index contributed by atoms with van der Waals surface area (Å²) in [5, 5.41) is 3.63. The molecule has 0 bridgehead atoms. The number of hydrogen-bond acceptors (Lipinski definition) is 5. The number of thiophene rings is 1. The zero-order chi connectivity index (χ0) is 19.4. The van der Waals surface area contributed by atoms with Gasteiger partial charge in [-0.05, 0) is 37.9 Å². The van der Waals surface area contributed by atoms with Crippen LogP contribution in [-0.2, 0) is 7.05 Å². The zero-order valence-electron chi connectivity index (χ0n) is 16.6. The van der Waals surface area contributed by atoms with Crippen molar-refractivity contribution in [1.29, 1.82) is 0 Å². The van der Waals surface area contributed by atoms with Gasteiger partial charge < -0.3 is 9.88 Å².